The average molecular weight is 349 g/mol. The maximum atomic E-state index is 12.4. The zero-order valence-electron chi connectivity index (χ0n) is 14.4. The molecule has 0 fully saturated rings. The van der Waals surface area contributed by atoms with Crippen LogP contribution >= 0.6 is 0 Å². The number of hydrogen-bond donors (Lipinski definition) is 0. The summed E-state index contributed by atoms with van der Waals surface area (Å²) < 4.78 is 16.4. The van der Waals surface area contributed by atoms with E-state index < -0.39 is 12.1 Å². The van der Waals surface area contributed by atoms with E-state index in [4.69, 9.17) is 14.2 Å². The summed E-state index contributed by atoms with van der Waals surface area (Å²) in [6, 6.07) is 22.1. The van der Waals surface area contributed by atoms with Crippen molar-refractivity contribution in [3.8, 4) is 11.5 Å². The first-order chi connectivity index (χ1) is 12.8. The summed E-state index contributed by atoms with van der Waals surface area (Å²) in [5.74, 6) is 0.557. The number of nitrogens with zero attached hydrogens (tertiary/aromatic N) is 1. The van der Waals surface area contributed by atoms with E-state index in [2.05, 4.69) is 4.98 Å². The summed E-state index contributed by atoms with van der Waals surface area (Å²) >= 11 is 0. The number of pyridine rings is 1. The van der Waals surface area contributed by atoms with E-state index >= 15 is 0 Å². The van der Waals surface area contributed by atoms with E-state index in [0.717, 1.165) is 5.56 Å². The molecule has 0 spiro atoms. The van der Waals surface area contributed by atoms with Crippen molar-refractivity contribution in [1.29, 1.82) is 0 Å². The van der Waals surface area contributed by atoms with Gasteiger partial charge in [-0.1, -0.05) is 48.5 Å². The molecule has 2 aromatic carbocycles. The van der Waals surface area contributed by atoms with Crippen molar-refractivity contribution >= 4 is 5.97 Å². The van der Waals surface area contributed by atoms with E-state index in [1.807, 2.05) is 60.7 Å². The van der Waals surface area contributed by atoms with Crippen molar-refractivity contribution in [2.45, 2.75) is 6.10 Å². The zero-order chi connectivity index (χ0) is 18.2. The third kappa shape index (κ3) is 4.39. The minimum absolute atomic E-state index is 0.226. The summed E-state index contributed by atoms with van der Waals surface area (Å²) in [7, 11) is 1.55. The number of rotatable bonds is 7. The second-order valence-electron chi connectivity index (χ2n) is 5.47. The van der Waals surface area contributed by atoms with E-state index in [1.54, 1.807) is 25.4 Å². The predicted molar refractivity (Wildman–Crippen MR) is 97.1 cm³/mol. The van der Waals surface area contributed by atoms with Crippen molar-refractivity contribution in [2.24, 2.45) is 0 Å². The van der Waals surface area contributed by atoms with Crippen LogP contribution in [0.5, 0.6) is 11.5 Å². The van der Waals surface area contributed by atoms with Gasteiger partial charge < -0.3 is 14.2 Å². The fourth-order valence-corrected chi connectivity index (χ4v) is 2.50. The van der Waals surface area contributed by atoms with Crippen LogP contribution in [0.15, 0.2) is 79.0 Å². The number of aromatic nitrogens is 1. The Morgan fingerprint density at radius 3 is 2.31 bits per heavy atom. The Morgan fingerprint density at radius 1 is 0.923 bits per heavy atom. The van der Waals surface area contributed by atoms with Crippen LogP contribution in [-0.4, -0.2) is 24.7 Å². The second kappa shape index (κ2) is 8.67. The minimum Gasteiger partial charge on any atom is -0.493 e. The molecule has 3 aromatic rings. The molecule has 0 radical (unpaired) electrons. The highest BCUT2D eigenvalue weighted by atomic mass is 16.6. The van der Waals surface area contributed by atoms with Gasteiger partial charge in [0, 0.05) is 6.20 Å². The lowest BCUT2D eigenvalue weighted by molar-refractivity contribution is -0.150. The van der Waals surface area contributed by atoms with Crippen molar-refractivity contribution in [2.75, 3.05) is 13.7 Å². The third-order valence-electron chi connectivity index (χ3n) is 3.72. The predicted octanol–water partition coefficient (Wildman–Crippen LogP) is 3.80. The Morgan fingerprint density at radius 2 is 1.62 bits per heavy atom. The van der Waals surface area contributed by atoms with Gasteiger partial charge in [-0.25, -0.2) is 4.79 Å². The summed E-state index contributed by atoms with van der Waals surface area (Å²) in [6.45, 7) is -0.226. The summed E-state index contributed by atoms with van der Waals surface area (Å²) in [5, 5.41) is 0. The van der Waals surface area contributed by atoms with Crippen LogP contribution < -0.4 is 9.47 Å². The van der Waals surface area contributed by atoms with Gasteiger partial charge in [-0.2, -0.15) is 0 Å². The number of carbonyl (C=O) groups is 1. The van der Waals surface area contributed by atoms with Crippen molar-refractivity contribution < 1.29 is 19.0 Å². The molecule has 5 heteroatoms. The first kappa shape index (κ1) is 17.5. The highest BCUT2D eigenvalue weighted by molar-refractivity contribution is 5.72. The van der Waals surface area contributed by atoms with E-state index in [1.165, 1.54) is 0 Å². The molecule has 132 valence electrons. The molecule has 1 heterocycles. The number of methoxy groups -OCH3 is 1. The lowest BCUT2D eigenvalue weighted by Crippen LogP contribution is -2.19. The zero-order valence-corrected chi connectivity index (χ0v) is 14.4. The molecule has 0 aliphatic rings. The topological polar surface area (TPSA) is 57.7 Å². The van der Waals surface area contributed by atoms with E-state index in [9.17, 15) is 4.79 Å². The largest absolute Gasteiger partial charge is 0.493 e. The van der Waals surface area contributed by atoms with Crippen molar-refractivity contribution in [3.63, 3.8) is 0 Å². The second-order valence-corrected chi connectivity index (χ2v) is 5.47. The quantitative estimate of drug-likeness (QED) is 0.607. The first-order valence-electron chi connectivity index (χ1n) is 8.19. The van der Waals surface area contributed by atoms with Gasteiger partial charge in [0.2, 0.25) is 0 Å². The molecule has 1 unspecified atom stereocenters. The van der Waals surface area contributed by atoms with Crippen LogP contribution in [-0.2, 0) is 9.53 Å². The highest BCUT2D eigenvalue weighted by Crippen LogP contribution is 2.27. The number of esters is 1. The minimum atomic E-state index is -0.592. The van der Waals surface area contributed by atoms with Crippen LogP contribution in [0.25, 0.3) is 0 Å². The number of benzene rings is 2. The molecule has 0 bridgehead atoms. The van der Waals surface area contributed by atoms with E-state index in [-0.39, 0.29) is 6.61 Å². The molecule has 26 heavy (non-hydrogen) atoms. The Bertz CT molecular complexity index is 797. The molecular weight excluding hydrogens is 330 g/mol. The summed E-state index contributed by atoms with van der Waals surface area (Å²) in [6.07, 6.45) is 1.08. The van der Waals surface area contributed by atoms with Gasteiger partial charge in [0.05, 0.1) is 12.8 Å². The Hall–Kier alpha value is -3.34. The molecule has 5 nitrogen and oxygen atoms in total. The summed E-state index contributed by atoms with van der Waals surface area (Å²) in [5.41, 5.74) is 1.50. The van der Waals surface area contributed by atoms with Gasteiger partial charge in [0.1, 0.15) is 0 Å². The van der Waals surface area contributed by atoms with Gasteiger partial charge in [0.15, 0.2) is 24.2 Å². The van der Waals surface area contributed by atoms with Crippen LogP contribution in [0, 0.1) is 0 Å². The molecule has 0 aliphatic carbocycles. The third-order valence-corrected chi connectivity index (χ3v) is 3.72. The lowest BCUT2D eigenvalue weighted by atomic mass is 10.1. The smallest absolute Gasteiger partial charge is 0.345 e. The SMILES string of the molecule is COc1ccccc1OCC(=O)OC(c1ccccc1)c1ccccn1. The van der Waals surface area contributed by atoms with Gasteiger partial charge in [-0.05, 0) is 29.8 Å². The molecule has 1 aromatic heterocycles. The highest BCUT2D eigenvalue weighted by Gasteiger charge is 2.20. The normalized spacial score (nSPS) is 11.4. The molecule has 3 rings (SSSR count). The first-order valence-corrected chi connectivity index (χ1v) is 8.19. The Labute approximate surface area is 152 Å². The van der Waals surface area contributed by atoms with Crippen LogP contribution in [0.2, 0.25) is 0 Å². The molecule has 0 amide bonds. The number of ether oxygens (including phenoxy) is 3. The fraction of sp³-hybridized carbons (Fsp3) is 0.143. The Balaban J connectivity index is 1.72. The molecular formula is C21H19NO4. The maximum absolute atomic E-state index is 12.4. The number of para-hydroxylation sites is 2. The van der Waals surface area contributed by atoms with Gasteiger partial charge in [0.25, 0.3) is 0 Å². The summed E-state index contributed by atoms with van der Waals surface area (Å²) in [4.78, 5) is 16.7. The molecule has 0 saturated carbocycles. The van der Waals surface area contributed by atoms with Crippen molar-refractivity contribution in [1.82, 2.24) is 4.98 Å². The Kier molecular flexibility index (Phi) is 5.83. The van der Waals surface area contributed by atoms with Gasteiger partial charge in [-0.15, -0.1) is 0 Å². The van der Waals surface area contributed by atoms with Gasteiger partial charge in [-0.3, -0.25) is 4.98 Å². The monoisotopic (exact) mass is 349 g/mol. The maximum Gasteiger partial charge on any atom is 0.345 e. The lowest BCUT2D eigenvalue weighted by Gasteiger charge is -2.18. The number of hydrogen-bond acceptors (Lipinski definition) is 5. The average Bonchev–Trinajstić information content (AvgIpc) is 2.72. The molecule has 0 N–H and O–H groups in total. The molecule has 0 aliphatic heterocycles. The van der Waals surface area contributed by atoms with Gasteiger partial charge >= 0.3 is 5.97 Å². The van der Waals surface area contributed by atoms with Crippen molar-refractivity contribution in [3.05, 3.63) is 90.3 Å². The number of carbonyl (C=O) groups excluding carboxylic acids is 1. The fourth-order valence-electron chi connectivity index (χ4n) is 2.50. The molecule has 0 saturated heterocycles. The molecule has 1 atom stereocenters. The van der Waals surface area contributed by atoms with Crippen LogP contribution in [0.3, 0.4) is 0 Å². The van der Waals surface area contributed by atoms with Crippen LogP contribution in [0.4, 0.5) is 0 Å². The standard InChI is InChI=1S/C21H19NO4/c1-24-18-12-5-6-13-19(18)25-15-20(23)26-21(16-9-3-2-4-10-16)17-11-7-8-14-22-17/h2-14,21H,15H2,1H3. The van der Waals surface area contributed by atoms with Crippen LogP contribution in [0.1, 0.15) is 17.4 Å². The van der Waals surface area contributed by atoms with E-state index in [0.29, 0.717) is 17.2 Å².